The molecule has 3 rings (SSSR count). The zero-order valence-electron chi connectivity index (χ0n) is 13.2. The van der Waals surface area contributed by atoms with Crippen LogP contribution in [0.25, 0.3) is 0 Å². The van der Waals surface area contributed by atoms with E-state index < -0.39 is 0 Å². The van der Waals surface area contributed by atoms with Crippen molar-refractivity contribution in [2.75, 3.05) is 6.54 Å². The summed E-state index contributed by atoms with van der Waals surface area (Å²) in [5.41, 5.74) is 1.03. The molecule has 2 heterocycles. The summed E-state index contributed by atoms with van der Waals surface area (Å²) in [5.74, 6) is 0.0311. The first kappa shape index (κ1) is 16.3. The first-order chi connectivity index (χ1) is 11.1. The highest BCUT2D eigenvalue weighted by molar-refractivity contribution is 6.31. The van der Waals surface area contributed by atoms with Gasteiger partial charge < -0.3 is 15.5 Å². The predicted molar refractivity (Wildman–Crippen MR) is 89.0 cm³/mol. The smallest absolute Gasteiger partial charge is 0.245 e. The van der Waals surface area contributed by atoms with E-state index in [1.54, 1.807) is 4.90 Å². The molecular weight excluding hydrogens is 314 g/mol. The van der Waals surface area contributed by atoms with Crippen LogP contribution in [0, 0.1) is 0 Å². The molecule has 0 spiro atoms. The van der Waals surface area contributed by atoms with Crippen LogP contribution in [0.5, 0.6) is 0 Å². The summed E-state index contributed by atoms with van der Waals surface area (Å²) < 4.78 is 0. The minimum atomic E-state index is -0.355. The first-order valence-electron chi connectivity index (χ1n) is 8.17. The maximum absolute atomic E-state index is 12.5. The second kappa shape index (κ2) is 6.89. The van der Waals surface area contributed by atoms with Crippen molar-refractivity contribution >= 4 is 23.4 Å². The second-order valence-electron chi connectivity index (χ2n) is 6.26. The largest absolute Gasteiger partial charge is 0.343 e. The minimum absolute atomic E-state index is 0.0231. The molecule has 0 unspecified atom stereocenters. The Morgan fingerprint density at radius 2 is 2.13 bits per heavy atom. The molecular formula is C17H22ClN3O2. The van der Waals surface area contributed by atoms with Gasteiger partial charge in [-0.3, -0.25) is 9.59 Å². The standard InChI is InChI=1S/C17H22ClN3O2/c1-2-5-14-17(23)21-10-12(8-15(21)16(22)20-14)19-9-11-6-3-4-7-13(11)18/h3-4,6-7,12,14-15,19H,2,5,8-10H2,1H3,(H,20,22)/t12-,14-,15-/m0/s1. The Morgan fingerprint density at radius 3 is 2.87 bits per heavy atom. The quantitative estimate of drug-likeness (QED) is 0.861. The molecule has 2 saturated heterocycles. The van der Waals surface area contributed by atoms with E-state index in [9.17, 15) is 9.59 Å². The topological polar surface area (TPSA) is 61.4 Å². The van der Waals surface area contributed by atoms with Crippen molar-refractivity contribution < 1.29 is 9.59 Å². The molecule has 6 heteroatoms. The Balaban J connectivity index is 1.62. The van der Waals surface area contributed by atoms with Crippen LogP contribution in [0.15, 0.2) is 24.3 Å². The van der Waals surface area contributed by atoms with E-state index in [2.05, 4.69) is 10.6 Å². The Kier molecular flexibility index (Phi) is 4.87. The summed E-state index contributed by atoms with van der Waals surface area (Å²) in [6.45, 7) is 3.24. The van der Waals surface area contributed by atoms with Crippen molar-refractivity contribution in [3.05, 3.63) is 34.9 Å². The number of nitrogens with zero attached hydrogens (tertiary/aromatic N) is 1. The van der Waals surface area contributed by atoms with E-state index in [1.807, 2.05) is 31.2 Å². The first-order valence-corrected chi connectivity index (χ1v) is 8.55. The molecule has 0 aliphatic carbocycles. The van der Waals surface area contributed by atoms with Crippen LogP contribution in [-0.4, -0.2) is 41.4 Å². The maximum atomic E-state index is 12.5. The monoisotopic (exact) mass is 335 g/mol. The van der Waals surface area contributed by atoms with Gasteiger partial charge in [0.2, 0.25) is 11.8 Å². The molecule has 0 radical (unpaired) electrons. The number of halogens is 1. The van der Waals surface area contributed by atoms with E-state index in [0.29, 0.717) is 25.9 Å². The lowest BCUT2D eigenvalue weighted by Crippen LogP contribution is -2.61. The van der Waals surface area contributed by atoms with Crippen LogP contribution in [0.3, 0.4) is 0 Å². The fourth-order valence-corrected chi connectivity index (χ4v) is 3.59. The van der Waals surface area contributed by atoms with Crippen molar-refractivity contribution in [3.8, 4) is 0 Å². The third-order valence-corrected chi connectivity index (χ3v) is 4.99. The summed E-state index contributed by atoms with van der Waals surface area (Å²) in [5, 5.41) is 7.02. The third kappa shape index (κ3) is 3.35. The van der Waals surface area contributed by atoms with Gasteiger partial charge in [0.25, 0.3) is 0 Å². The van der Waals surface area contributed by atoms with Gasteiger partial charge in [-0.2, -0.15) is 0 Å². The highest BCUT2D eigenvalue weighted by Gasteiger charge is 2.45. The van der Waals surface area contributed by atoms with E-state index >= 15 is 0 Å². The fourth-order valence-electron chi connectivity index (χ4n) is 3.39. The molecule has 0 bridgehead atoms. The van der Waals surface area contributed by atoms with Gasteiger partial charge in [-0.15, -0.1) is 0 Å². The van der Waals surface area contributed by atoms with Crippen LogP contribution in [0.4, 0.5) is 0 Å². The zero-order valence-corrected chi connectivity index (χ0v) is 14.0. The van der Waals surface area contributed by atoms with Gasteiger partial charge in [-0.05, 0) is 24.5 Å². The van der Waals surface area contributed by atoms with Crippen LogP contribution < -0.4 is 10.6 Å². The maximum Gasteiger partial charge on any atom is 0.245 e. The van der Waals surface area contributed by atoms with Crippen molar-refractivity contribution in [1.29, 1.82) is 0 Å². The summed E-state index contributed by atoms with van der Waals surface area (Å²) >= 11 is 6.16. The number of benzene rings is 1. The van der Waals surface area contributed by atoms with E-state index in [4.69, 9.17) is 11.6 Å². The van der Waals surface area contributed by atoms with Gasteiger partial charge in [-0.25, -0.2) is 0 Å². The lowest BCUT2D eigenvalue weighted by atomic mass is 10.0. The normalized spacial score (nSPS) is 27.0. The van der Waals surface area contributed by atoms with Gasteiger partial charge >= 0.3 is 0 Å². The summed E-state index contributed by atoms with van der Waals surface area (Å²) in [4.78, 5) is 26.4. The Hall–Kier alpha value is -1.59. The Labute approximate surface area is 141 Å². The van der Waals surface area contributed by atoms with Crippen molar-refractivity contribution in [2.24, 2.45) is 0 Å². The predicted octanol–water partition coefficient (Wildman–Crippen LogP) is 1.70. The molecule has 2 N–H and O–H groups in total. The van der Waals surface area contributed by atoms with Gasteiger partial charge in [-0.1, -0.05) is 43.1 Å². The zero-order chi connectivity index (χ0) is 16.4. The number of fused-ring (bicyclic) bond motifs is 1. The average molecular weight is 336 g/mol. The van der Waals surface area contributed by atoms with Crippen molar-refractivity contribution in [3.63, 3.8) is 0 Å². The molecule has 5 nitrogen and oxygen atoms in total. The number of nitrogens with one attached hydrogen (secondary N) is 2. The lowest BCUT2D eigenvalue weighted by molar-refractivity contribution is -0.147. The van der Waals surface area contributed by atoms with Crippen molar-refractivity contribution in [2.45, 2.75) is 50.9 Å². The molecule has 2 amide bonds. The lowest BCUT2D eigenvalue weighted by Gasteiger charge is -2.34. The minimum Gasteiger partial charge on any atom is -0.343 e. The van der Waals surface area contributed by atoms with Gasteiger partial charge in [0, 0.05) is 24.2 Å². The molecule has 2 aliphatic rings. The van der Waals surface area contributed by atoms with E-state index in [1.165, 1.54) is 0 Å². The van der Waals surface area contributed by atoms with Gasteiger partial charge in [0.05, 0.1) is 0 Å². The summed E-state index contributed by atoms with van der Waals surface area (Å²) in [7, 11) is 0. The van der Waals surface area contributed by atoms with Crippen LogP contribution in [0.2, 0.25) is 5.02 Å². The molecule has 0 aromatic heterocycles. The molecule has 1 aromatic carbocycles. The molecule has 0 saturated carbocycles. The Morgan fingerprint density at radius 1 is 1.35 bits per heavy atom. The molecule has 124 valence electrons. The van der Waals surface area contributed by atoms with Gasteiger partial charge in [0.15, 0.2) is 0 Å². The third-order valence-electron chi connectivity index (χ3n) is 4.62. The van der Waals surface area contributed by atoms with Crippen LogP contribution >= 0.6 is 11.6 Å². The average Bonchev–Trinajstić information content (AvgIpc) is 2.97. The molecule has 2 aliphatic heterocycles. The fraction of sp³-hybridized carbons (Fsp3) is 0.529. The molecule has 23 heavy (non-hydrogen) atoms. The number of hydrogen-bond donors (Lipinski definition) is 2. The number of carbonyl (C=O) groups is 2. The highest BCUT2D eigenvalue weighted by Crippen LogP contribution is 2.24. The van der Waals surface area contributed by atoms with Crippen LogP contribution in [0.1, 0.15) is 31.7 Å². The second-order valence-corrected chi connectivity index (χ2v) is 6.67. The van der Waals surface area contributed by atoms with E-state index in [-0.39, 0.29) is 29.9 Å². The molecule has 3 atom stereocenters. The molecule has 2 fully saturated rings. The van der Waals surface area contributed by atoms with Crippen LogP contribution in [-0.2, 0) is 16.1 Å². The summed E-state index contributed by atoms with van der Waals surface area (Å²) in [6, 6.07) is 7.12. The summed E-state index contributed by atoms with van der Waals surface area (Å²) in [6.07, 6.45) is 2.23. The molecule has 1 aromatic rings. The van der Waals surface area contributed by atoms with Gasteiger partial charge in [0.1, 0.15) is 12.1 Å². The number of rotatable bonds is 5. The number of piperazine rings is 1. The van der Waals surface area contributed by atoms with Crippen molar-refractivity contribution in [1.82, 2.24) is 15.5 Å². The SMILES string of the molecule is CCC[C@@H]1NC(=O)[C@@H]2C[C@H](NCc3ccccc3Cl)CN2C1=O. The Bertz CT molecular complexity index is 607. The number of amides is 2. The number of hydrogen-bond acceptors (Lipinski definition) is 3. The number of carbonyl (C=O) groups excluding carboxylic acids is 2. The van der Waals surface area contributed by atoms with E-state index in [0.717, 1.165) is 17.0 Å². The highest BCUT2D eigenvalue weighted by atomic mass is 35.5.